The monoisotopic (exact) mass is 398 g/mol. The molecule has 2 amide bonds. The number of unbranched alkanes of at least 4 members (excludes halogenated alkanes) is 14. The molecule has 0 bridgehead atoms. The van der Waals surface area contributed by atoms with Crippen molar-refractivity contribution < 1.29 is 19.5 Å². The maximum Gasteiger partial charge on any atom is 0.326 e. The predicted octanol–water partition coefficient (Wildman–Crippen LogP) is 4.69. The second-order valence-electron chi connectivity index (χ2n) is 7.83. The Kier molecular flexibility index (Phi) is 17.7. The molecular formula is C22H42N2O4. The van der Waals surface area contributed by atoms with Crippen LogP contribution in [-0.4, -0.2) is 28.9 Å². The van der Waals surface area contributed by atoms with Gasteiger partial charge in [0.15, 0.2) is 0 Å². The summed E-state index contributed by atoms with van der Waals surface area (Å²) < 4.78 is 0. The number of amides is 2. The predicted molar refractivity (Wildman–Crippen MR) is 113 cm³/mol. The Hall–Kier alpha value is -1.59. The summed E-state index contributed by atoms with van der Waals surface area (Å²) in [5, 5.41) is 11.3. The molecule has 6 heteroatoms. The molecule has 0 saturated heterocycles. The SMILES string of the molecule is CCCCCCCCCCCCCCCCCC(=O)NC(CC(N)=O)C(=O)O. The van der Waals surface area contributed by atoms with Crippen molar-refractivity contribution in [1.29, 1.82) is 0 Å². The number of carbonyl (C=O) groups is 3. The molecule has 0 aromatic carbocycles. The lowest BCUT2D eigenvalue weighted by Crippen LogP contribution is -2.43. The Morgan fingerprint density at radius 2 is 1.14 bits per heavy atom. The fourth-order valence-electron chi connectivity index (χ4n) is 3.32. The van der Waals surface area contributed by atoms with Crippen molar-refractivity contribution in [2.24, 2.45) is 5.73 Å². The van der Waals surface area contributed by atoms with Crippen LogP contribution in [0, 0.1) is 0 Å². The van der Waals surface area contributed by atoms with E-state index in [2.05, 4.69) is 12.2 Å². The van der Waals surface area contributed by atoms with Crippen LogP contribution in [0.15, 0.2) is 0 Å². The summed E-state index contributed by atoms with van der Waals surface area (Å²) in [6.07, 6.45) is 18.8. The van der Waals surface area contributed by atoms with Crippen molar-refractivity contribution in [3.63, 3.8) is 0 Å². The van der Waals surface area contributed by atoms with E-state index >= 15 is 0 Å². The van der Waals surface area contributed by atoms with Crippen molar-refractivity contribution in [2.45, 2.75) is 122 Å². The first-order valence-electron chi connectivity index (χ1n) is 11.3. The topological polar surface area (TPSA) is 109 Å². The first kappa shape index (κ1) is 26.4. The van der Waals surface area contributed by atoms with Crippen molar-refractivity contribution in [3.8, 4) is 0 Å². The maximum atomic E-state index is 11.7. The van der Waals surface area contributed by atoms with Crippen LogP contribution in [0.25, 0.3) is 0 Å². The second-order valence-corrected chi connectivity index (χ2v) is 7.83. The summed E-state index contributed by atoms with van der Waals surface area (Å²) in [6.45, 7) is 2.25. The number of aliphatic carboxylic acids is 1. The molecule has 0 fully saturated rings. The quantitative estimate of drug-likeness (QED) is 0.258. The smallest absolute Gasteiger partial charge is 0.326 e. The van der Waals surface area contributed by atoms with Crippen molar-refractivity contribution in [3.05, 3.63) is 0 Å². The van der Waals surface area contributed by atoms with Crippen LogP contribution < -0.4 is 11.1 Å². The van der Waals surface area contributed by atoms with E-state index in [1.807, 2.05) is 0 Å². The fourth-order valence-corrected chi connectivity index (χ4v) is 3.32. The molecule has 164 valence electrons. The molecule has 0 aliphatic carbocycles. The third-order valence-corrected chi connectivity index (χ3v) is 5.05. The summed E-state index contributed by atoms with van der Waals surface area (Å²) in [7, 11) is 0. The van der Waals surface area contributed by atoms with Crippen molar-refractivity contribution >= 4 is 17.8 Å². The molecule has 0 radical (unpaired) electrons. The largest absolute Gasteiger partial charge is 0.480 e. The van der Waals surface area contributed by atoms with Crippen LogP contribution in [0.4, 0.5) is 0 Å². The average Bonchev–Trinajstić information content (AvgIpc) is 2.64. The van der Waals surface area contributed by atoms with Crippen LogP contribution in [0.2, 0.25) is 0 Å². The Morgan fingerprint density at radius 3 is 1.50 bits per heavy atom. The molecule has 1 unspecified atom stereocenters. The molecule has 0 heterocycles. The van der Waals surface area contributed by atoms with E-state index in [-0.39, 0.29) is 12.3 Å². The number of carbonyl (C=O) groups excluding carboxylic acids is 2. The molecule has 0 aromatic rings. The van der Waals surface area contributed by atoms with Crippen LogP contribution in [0.1, 0.15) is 116 Å². The zero-order valence-corrected chi connectivity index (χ0v) is 17.8. The van der Waals surface area contributed by atoms with Gasteiger partial charge in [-0.05, 0) is 6.42 Å². The first-order chi connectivity index (χ1) is 13.5. The number of nitrogens with one attached hydrogen (secondary N) is 1. The minimum atomic E-state index is -1.23. The molecule has 0 aliphatic heterocycles. The van der Waals surface area contributed by atoms with Gasteiger partial charge in [0.25, 0.3) is 0 Å². The van der Waals surface area contributed by atoms with E-state index in [4.69, 9.17) is 10.8 Å². The summed E-state index contributed by atoms with van der Waals surface area (Å²) >= 11 is 0. The molecule has 0 spiro atoms. The fraction of sp³-hybridized carbons (Fsp3) is 0.864. The highest BCUT2D eigenvalue weighted by atomic mass is 16.4. The number of rotatable bonds is 20. The summed E-state index contributed by atoms with van der Waals surface area (Å²) in [6, 6.07) is -1.22. The Balaban J connectivity index is 3.41. The lowest BCUT2D eigenvalue weighted by Gasteiger charge is -2.12. The van der Waals surface area contributed by atoms with Gasteiger partial charge >= 0.3 is 5.97 Å². The van der Waals surface area contributed by atoms with Crippen LogP contribution in [0.5, 0.6) is 0 Å². The summed E-state index contributed by atoms with van der Waals surface area (Å²) in [4.78, 5) is 33.5. The Bertz CT molecular complexity index is 427. The highest BCUT2D eigenvalue weighted by Crippen LogP contribution is 2.13. The number of carboxylic acid groups (broad SMARTS) is 1. The standard InChI is InChI=1S/C22H42N2O4/c1-2-3-4-5-6-7-8-9-10-11-12-13-14-15-16-17-21(26)24-19(22(27)28)18-20(23)25/h19H,2-18H2,1H3,(H2,23,25)(H,24,26)(H,27,28). The van der Waals surface area contributed by atoms with Crippen molar-refractivity contribution in [2.75, 3.05) is 0 Å². The maximum absolute atomic E-state index is 11.7. The third-order valence-electron chi connectivity index (χ3n) is 5.05. The lowest BCUT2D eigenvalue weighted by molar-refractivity contribution is -0.143. The molecule has 0 aliphatic rings. The summed E-state index contributed by atoms with van der Waals surface area (Å²) in [5.41, 5.74) is 4.99. The van der Waals surface area contributed by atoms with Crippen LogP contribution >= 0.6 is 0 Å². The van der Waals surface area contributed by atoms with Gasteiger partial charge in [0.2, 0.25) is 11.8 Å². The highest BCUT2D eigenvalue weighted by molar-refractivity contribution is 5.88. The minimum Gasteiger partial charge on any atom is -0.480 e. The van der Waals surface area contributed by atoms with Gasteiger partial charge in [0.1, 0.15) is 6.04 Å². The van der Waals surface area contributed by atoms with Crippen LogP contribution in [-0.2, 0) is 14.4 Å². The average molecular weight is 399 g/mol. The van der Waals surface area contributed by atoms with E-state index in [0.29, 0.717) is 6.42 Å². The number of hydrogen-bond donors (Lipinski definition) is 3. The zero-order valence-electron chi connectivity index (χ0n) is 17.8. The molecule has 1 atom stereocenters. The van der Waals surface area contributed by atoms with E-state index in [0.717, 1.165) is 19.3 Å². The Morgan fingerprint density at radius 1 is 0.750 bits per heavy atom. The van der Waals surface area contributed by atoms with Gasteiger partial charge in [-0.1, -0.05) is 96.8 Å². The van der Waals surface area contributed by atoms with E-state index in [1.54, 1.807) is 0 Å². The lowest BCUT2D eigenvalue weighted by atomic mass is 10.0. The van der Waals surface area contributed by atoms with E-state index in [1.165, 1.54) is 77.0 Å². The number of carboxylic acids is 1. The highest BCUT2D eigenvalue weighted by Gasteiger charge is 2.21. The zero-order chi connectivity index (χ0) is 21.0. The molecular weight excluding hydrogens is 356 g/mol. The van der Waals surface area contributed by atoms with E-state index < -0.39 is 17.9 Å². The van der Waals surface area contributed by atoms with Gasteiger partial charge in [-0.15, -0.1) is 0 Å². The first-order valence-corrected chi connectivity index (χ1v) is 11.3. The molecule has 0 aromatic heterocycles. The number of hydrogen-bond acceptors (Lipinski definition) is 3. The molecule has 4 N–H and O–H groups in total. The number of nitrogens with two attached hydrogens (primary N) is 1. The third kappa shape index (κ3) is 17.8. The van der Waals surface area contributed by atoms with Gasteiger partial charge in [-0.2, -0.15) is 0 Å². The Labute approximate surface area is 171 Å². The molecule has 6 nitrogen and oxygen atoms in total. The van der Waals surface area contributed by atoms with Crippen LogP contribution in [0.3, 0.4) is 0 Å². The molecule has 0 rings (SSSR count). The van der Waals surface area contributed by atoms with E-state index in [9.17, 15) is 14.4 Å². The van der Waals surface area contributed by atoms with Crippen molar-refractivity contribution in [1.82, 2.24) is 5.32 Å². The molecule has 0 saturated carbocycles. The minimum absolute atomic E-state index is 0.292. The normalized spacial score (nSPS) is 11.9. The second kappa shape index (κ2) is 18.8. The number of primary amides is 1. The van der Waals surface area contributed by atoms with Gasteiger partial charge < -0.3 is 16.2 Å². The van der Waals surface area contributed by atoms with Gasteiger partial charge in [0, 0.05) is 6.42 Å². The van der Waals surface area contributed by atoms with Gasteiger partial charge in [0.05, 0.1) is 6.42 Å². The molecule has 28 heavy (non-hydrogen) atoms. The van der Waals surface area contributed by atoms with Gasteiger partial charge in [-0.3, -0.25) is 9.59 Å². The van der Waals surface area contributed by atoms with Gasteiger partial charge in [-0.25, -0.2) is 4.79 Å². The summed E-state index contributed by atoms with van der Waals surface area (Å²) in [5.74, 6) is -2.30.